The Morgan fingerprint density at radius 3 is 2.50 bits per heavy atom. The number of hydrogen-bond acceptors (Lipinski definition) is 5. The van der Waals surface area contributed by atoms with E-state index in [1.807, 2.05) is 20.9 Å². The number of hydrogen-bond donors (Lipinski definition) is 1. The molecule has 2 amide bonds. The van der Waals surface area contributed by atoms with E-state index >= 15 is 0 Å². The number of aromatic nitrogens is 2. The first-order chi connectivity index (χ1) is 13.3. The van der Waals surface area contributed by atoms with Crippen molar-refractivity contribution in [1.29, 1.82) is 0 Å². The van der Waals surface area contributed by atoms with Crippen LogP contribution in [0.1, 0.15) is 17.8 Å². The minimum absolute atomic E-state index is 0.108. The number of nitrogens with one attached hydrogen (secondary N) is 1. The zero-order chi connectivity index (χ0) is 20.6. The summed E-state index contributed by atoms with van der Waals surface area (Å²) in [7, 11) is 4.83. The Morgan fingerprint density at radius 1 is 1.25 bits per heavy atom. The van der Waals surface area contributed by atoms with Crippen molar-refractivity contribution in [2.45, 2.75) is 20.3 Å². The molecule has 2 aromatic rings. The maximum Gasteiger partial charge on any atom is 0.229 e. The highest BCUT2D eigenvalue weighted by atomic mass is 35.5. The van der Waals surface area contributed by atoms with Crippen LogP contribution in [0.4, 0.5) is 11.4 Å². The third-order valence-corrected chi connectivity index (χ3v) is 5.29. The van der Waals surface area contributed by atoms with Gasteiger partial charge in [0.1, 0.15) is 11.5 Å². The molecule has 2 heterocycles. The van der Waals surface area contributed by atoms with Gasteiger partial charge in [-0.05, 0) is 19.9 Å². The summed E-state index contributed by atoms with van der Waals surface area (Å²) in [6.07, 6.45) is 0.108. The largest absolute Gasteiger partial charge is 0.495 e. The standard InChI is InChI=1S/C19H23ClN4O4/c1-10-18(11(2)23(3)22-10)21-19(26)12-6-17(25)24(9-12)14-7-13(20)15(27-4)8-16(14)28-5/h7-8,12H,6,9H2,1-5H3,(H,21,26). The fourth-order valence-corrected chi connectivity index (χ4v) is 3.59. The molecule has 1 saturated heterocycles. The summed E-state index contributed by atoms with van der Waals surface area (Å²) in [5, 5.41) is 7.57. The van der Waals surface area contributed by atoms with Crippen LogP contribution in [-0.2, 0) is 16.6 Å². The molecule has 0 aliphatic carbocycles. The fourth-order valence-electron chi connectivity index (χ4n) is 3.35. The molecule has 3 rings (SSSR count). The number of anilines is 2. The zero-order valence-electron chi connectivity index (χ0n) is 16.5. The third-order valence-electron chi connectivity index (χ3n) is 5.00. The summed E-state index contributed by atoms with van der Waals surface area (Å²) in [5.41, 5.74) is 2.79. The van der Waals surface area contributed by atoms with E-state index < -0.39 is 5.92 Å². The van der Waals surface area contributed by atoms with Crippen molar-refractivity contribution in [3.8, 4) is 11.5 Å². The summed E-state index contributed by atoms with van der Waals surface area (Å²) in [6.45, 7) is 3.95. The predicted molar refractivity (Wildman–Crippen MR) is 106 cm³/mol. The van der Waals surface area contributed by atoms with E-state index in [0.717, 1.165) is 11.4 Å². The lowest BCUT2D eigenvalue weighted by molar-refractivity contribution is -0.122. The topological polar surface area (TPSA) is 85.7 Å². The van der Waals surface area contributed by atoms with Crippen molar-refractivity contribution in [3.63, 3.8) is 0 Å². The van der Waals surface area contributed by atoms with Crippen molar-refractivity contribution < 1.29 is 19.1 Å². The number of benzene rings is 1. The van der Waals surface area contributed by atoms with Gasteiger partial charge in [0.2, 0.25) is 11.8 Å². The van der Waals surface area contributed by atoms with Crippen LogP contribution < -0.4 is 19.7 Å². The molecular weight excluding hydrogens is 384 g/mol. The van der Waals surface area contributed by atoms with Gasteiger partial charge in [0.05, 0.1) is 47.9 Å². The van der Waals surface area contributed by atoms with Gasteiger partial charge in [0.25, 0.3) is 0 Å². The number of ether oxygens (including phenoxy) is 2. The van der Waals surface area contributed by atoms with Gasteiger partial charge in [0, 0.05) is 26.1 Å². The van der Waals surface area contributed by atoms with E-state index in [-0.39, 0.29) is 24.8 Å². The van der Waals surface area contributed by atoms with E-state index in [1.54, 1.807) is 16.8 Å². The number of aryl methyl sites for hydroxylation is 2. The van der Waals surface area contributed by atoms with E-state index in [2.05, 4.69) is 10.4 Å². The van der Waals surface area contributed by atoms with Gasteiger partial charge < -0.3 is 19.7 Å². The maximum atomic E-state index is 12.8. The Kier molecular flexibility index (Phi) is 5.51. The Morgan fingerprint density at radius 2 is 1.93 bits per heavy atom. The molecule has 1 aliphatic heterocycles. The SMILES string of the molecule is COc1cc(OC)c(N2CC(C(=O)Nc3c(C)nn(C)c3C)CC2=O)cc1Cl. The lowest BCUT2D eigenvalue weighted by Gasteiger charge is -2.21. The van der Waals surface area contributed by atoms with Crippen molar-refractivity contribution in [1.82, 2.24) is 9.78 Å². The highest BCUT2D eigenvalue weighted by molar-refractivity contribution is 6.32. The highest BCUT2D eigenvalue weighted by Gasteiger charge is 2.37. The molecule has 1 aromatic heterocycles. The Balaban J connectivity index is 1.82. The van der Waals surface area contributed by atoms with Crippen LogP contribution >= 0.6 is 11.6 Å². The van der Waals surface area contributed by atoms with Crippen LogP contribution in [0.5, 0.6) is 11.5 Å². The Hall–Kier alpha value is -2.74. The first-order valence-corrected chi connectivity index (χ1v) is 9.17. The van der Waals surface area contributed by atoms with Crippen LogP contribution in [0.15, 0.2) is 12.1 Å². The molecule has 1 atom stereocenters. The zero-order valence-corrected chi connectivity index (χ0v) is 17.3. The minimum atomic E-state index is -0.489. The Bertz CT molecular complexity index is 941. The van der Waals surface area contributed by atoms with Crippen LogP contribution in [0.25, 0.3) is 0 Å². The summed E-state index contributed by atoms with van der Waals surface area (Å²) in [4.78, 5) is 26.9. The molecule has 1 N–H and O–H groups in total. The van der Waals surface area contributed by atoms with Crippen molar-refractivity contribution >= 4 is 34.8 Å². The minimum Gasteiger partial charge on any atom is -0.495 e. The fraction of sp³-hybridized carbons (Fsp3) is 0.421. The van der Waals surface area contributed by atoms with Crippen molar-refractivity contribution in [2.24, 2.45) is 13.0 Å². The quantitative estimate of drug-likeness (QED) is 0.825. The summed E-state index contributed by atoms with van der Waals surface area (Å²) in [5.74, 6) is 0.0327. The van der Waals surface area contributed by atoms with Gasteiger partial charge in [-0.1, -0.05) is 11.6 Å². The molecule has 0 bridgehead atoms. The van der Waals surface area contributed by atoms with Crippen LogP contribution in [-0.4, -0.2) is 42.4 Å². The van der Waals surface area contributed by atoms with Gasteiger partial charge in [-0.3, -0.25) is 14.3 Å². The second kappa shape index (κ2) is 7.71. The first-order valence-electron chi connectivity index (χ1n) is 8.79. The molecular formula is C19H23ClN4O4. The third kappa shape index (κ3) is 3.52. The molecule has 8 nitrogen and oxygen atoms in total. The number of amides is 2. The predicted octanol–water partition coefficient (Wildman–Crippen LogP) is 2.70. The molecule has 150 valence electrons. The van der Waals surface area contributed by atoms with Gasteiger partial charge in [-0.15, -0.1) is 0 Å². The summed E-state index contributed by atoms with van der Waals surface area (Å²) < 4.78 is 12.3. The average molecular weight is 407 g/mol. The monoisotopic (exact) mass is 406 g/mol. The smallest absolute Gasteiger partial charge is 0.229 e. The Labute approximate surface area is 168 Å². The molecule has 1 unspecified atom stereocenters. The molecule has 0 saturated carbocycles. The average Bonchev–Trinajstić information content (AvgIpc) is 3.16. The number of rotatable bonds is 5. The van der Waals surface area contributed by atoms with Crippen molar-refractivity contribution in [2.75, 3.05) is 31.0 Å². The molecule has 1 fully saturated rings. The van der Waals surface area contributed by atoms with Crippen LogP contribution in [0.3, 0.4) is 0 Å². The maximum absolute atomic E-state index is 12.8. The number of halogens is 1. The van der Waals surface area contributed by atoms with E-state index in [4.69, 9.17) is 21.1 Å². The molecule has 1 aromatic carbocycles. The molecule has 0 spiro atoms. The highest BCUT2D eigenvalue weighted by Crippen LogP contribution is 2.40. The number of methoxy groups -OCH3 is 2. The lowest BCUT2D eigenvalue weighted by atomic mass is 10.1. The molecule has 1 aliphatic rings. The number of carbonyl (C=O) groups excluding carboxylic acids is 2. The number of carbonyl (C=O) groups is 2. The van der Waals surface area contributed by atoms with Gasteiger partial charge >= 0.3 is 0 Å². The van der Waals surface area contributed by atoms with Gasteiger partial charge in [0.15, 0.2) is 0 Å². The normalized spacial score (nSPS) is 16.4. The van der Waals surface area contributed by atoms with Crippen LogP contribution in [0, 0.1) is 19.8 Å². The van der Waals surface area contributed by atoms with Gasteiger partial charge in [-0.2, -0.15) is 5.10 Å². The molecule has 0 radical (unpaired) electrons. The second-order valence-corrected chi connectivity index (χ2v) is 7.13. The lowest BCUT2D eigenvalue weighted by Crippen LogP contribution is -2.28. The summed E-state index contributed by atoms with van der Waals surface area (Å²) in [6, 6.07) is 3.24. The molecule has 9 heteroatoms. The van der Waals surface area contributed by atoms with Gasteiger partial charge in [-0.25, -0.2) is 0 Å². The van der Waals surface area contributed by atoms with Crippen molar-refractivity contribution in [3.05, 3.63) is 28.5 Å². The second-order valence-electron chi connectivity index (χ2n) is 6.72. The molecule has 28 heavy (non-hydrogen) atoms. The number of nitrogens with zero attached hydrogens (tertiary/aromatic N) is 3. The summed E-state index contributed by atoms with van der Waals surface area (Å²) >= 11 is 6.22. The van der Waals surface area contributed by atoms with Crippen LogP contribution in [0.2, 0.25) is 5.02 Å². The van der Waals surface area contributed by atoms with E-state index in [0.29, 0.717) is 27.9 Å². The van der Waals surface area contributed by atoms with E-state index in [9.17, 15) is 9.59 Å². The van der Waals surface area contributed by atoms with E-state index in [1.165, 1.54) is 19.1 Å². The first kappa shape index (κ1) is 20.0.